The Hall–Kier alpha value is -3.16. The van der Waals surface area contributed by atoms with Crippen molar-refractivity contribution in [3.05, 3.63) is 60.3 Å². The van der Waals surface area contributed by atoms with Gasteiger partial charge in [0.2, 0.25) is 0 Å². The van der Waals surface area contributed by atoms with Gasteiger partial charge < -0.3 is 9.80 Å². The molecular weight excluding hydrogens is 350 g/mol. The van der Waals surface area contributed by atoms with E-state index in [2.05, 4.69) is 24.8 Å². The largest absolute Gasteiger partial charge is 0.353 e. The normalized spacial score (nSPS) is 14.1. The SMILES string of the molecule is Cc1nccc(N(C)C2CN(c3ncnc(-c4ccc(F)cc4)c3F)C2)n1. The maximum absolute atomic E-state index is 14.9. The number of hydrogen-bond acceptors (Lipinski definition) is 6. The predicted octanol–water partition coefficient (Wildman–Crippen LogP) is 2.85. The minimum Gasteiger partial charge on any atom is -0.353 e. The molecular formula is C19H18F2N6. The van der Waals surface area contributed by atoms with E-state index in [0.717, 1.165) is 5.82 Å². The van der Waals surface area contributed by atoms with Gasteiger partial charge in [-0.15, -0.1) is 0 Å². The summed E-state index contributed by atoms with van der Waals surface area (Å²) < 4.78 is 28.0. The molecule has 1 fully saturated rings. The smallest absolute Gasteiger partial charge is 0.191 e. The summed E-state index contributed by atoms with van der Waals surface area (Å²) in [7, 11) is 1.96. The van der Waals surface area contributed by atoms with E-state index in [1.165, 1.54) is 30.6 Å². The van der Waals surface area contributed by atoms with Crippen LogP contribution in [0.2, 0.25) is 0 Å². The zero-order chi connectivity index (χ0) is 19.0. The molecule has 0 atom stereocenters. The van der Waals surface area contributed by atoms with Crippen molar-refractivity contribution in [3.63, 3.8) is 0 Å². The first-order valence-electron chi connectivity index (χ1n) is 8.57. The molecule has 3 heterocycles. The molecule has 0 aliphatic carbocycles. The number of benzene rings is 1. The van der Waals surface area contributed by atoms with Crippen LogP contribution in [0.5, 0.6) is 0 Å². The summed E-state index contributed by atoms with van der Waals surface area (Å²) >= 11 is 0. The fourth-order valence-electron chi connectivity index (χ4n) is 3.09. The third kappa shape index (κ3) is 3.30. The Bertz CT molecular complexity index is 957. The summed E-state index contributed by atoms with van der Waals surface area (Å²) in [6, 6.07) is 7.64. The van der Waals surface area contributed by atoms with Crippen LogP contribution in [0, 0.1) is 18.6 Å². The van der Waals surface area contributed by atoms with E-state index < -0.39 is 5.82 Å². The molecule has 1 aliphatic heterocycles. The van der Waals surface area contributed by atoms with Gasteiger partial charge in [-0.2, -0.15) is 0 Å². The van der Waals surface area contributed by atoms with Crippen molar-refractivity contribution >= 4 is 11.6 Å². The molecule has 0 saturated carbocycles. The fourth-order valence-corrected chi connectivity index (χ4v) is 3.09. The monoisotopic (exact) mass is 368 g/mol. The molecule has 2 aromatic heterocycles. The molecule has 0 bridgehead atoms. The van der Waals surface area contributed by atoms with Crippen LogP contribution < -0.4 is 9.80 Å². The number of rotatable bonds is 4. The van der Waals surface area contributed by atoms with Gasteiger partial charge in [0.25, 0.3) is 0 Å². The zero-order valence-corrected chi connectivity index (χ0v) is 15.0. The van der Waals surface area contributed by atoms with Gasteiger partial charge in [-0.3, -0.25) is 0 Å². The van der Waals surface area contributed by atoms with Gasteiger partial charge in [-0.05, 0) is 37.3 Å². The summed E-state index contributed by atoms with van der Waals surface area (Å²) in [5.41, 5.74) is 0.687. The number of aromatic nitrogens is 4. The lowest BCUT2D eigenvalue weighted by atomic mass is 10.1. The van der Waals surface area contributed by atoms with Crippen LogP contribution in [0.4, 0.5) is 20.4 Å². The lowest BCUT2D eigenvalue weighted by Crippen LogP contribution is -2.59. The molecule has 8 heteroatoms. The van der Waals surface area contributed by atoms with Gasteiger partial charge in [0.05, 0.1) is 6.04 Å². The highest BCUT2D eigenvalue weighted by molar-refractivity contribution is 5.64. The van der Waals surface area contributed by atoms with E-state index in [0.29, 0.717) is 24.5 Å². The molecule has 0 amide bonds. The Kier molecular flexibility index (Phi) is 4.39. The summed E-state index contributed by atoms with van der Waals surface area (Å²) in [4.78, 5) is 20.6. The van der Waals surface area contributed by atoms with E-state index in [1.54, 1.807) is 6.20 Å². The average molecular weight is 368 g/mol. The molecule has 0 unspecified atom stereocenters. The number of hydrogen-bond donors (Lipinski definition) is 0. The number of anilines is 2. The van der Waals surface area contributed by atoms with E-state index in [1.807, 2.05) is 24.9 Å². The van der Waals surface area contributed by atoms with Crippen molar-refractivity contribution in [3.8, 4) is 11.3 Å². The van der Waals surface area contributed by atoms with Gasteiger partial charge >= 0.3 is 0 Å². The molecule has 1 saturated heterocycles. The molecule has 0 N–H and O–H groups in total. The summed E-state index contributed by atoms with van der Waals surface area (Å²) in [6.45, 7) is 3.09. The van der Waals surface area contributed by atoms with Crippen molar-refractivity contribution in [2.75, 3.05) is 29.9 Å². The Morgan fingerprint density at radius 2 is 1.78 bits per heavy atom. The van der Waals surface area contributed by atoms with Crippen LogP contribution >= 0.6 is 0 Å². The van der Waals surface area contributed by atoms with Crippen LogP contribution in [0.15, 0.2) is 42.9 Å². The highest BCUT2D eigenvalue weighted by Crippen LogP contribution is 2.30. The number of nitrogens with zero attached hydrogens (tertiary/aromatic N) is 6. The van der Waals surface area contributed by atoms with Crippen LogP contribution in [0.25, 0.3) is 11.3 Å². The Morgan fingerprint density at radius 1 is 1.04 bits per heavy atom. The Labute approximate surface area is 155 Å². The van der Waals surface area contributed by atoms with Gasteiger partial charge in [0.1, 0.15) is 29.5 Å². The highest BCUT2D eigenvalue weighted by Gasteiger charge is 2.34. The third-order valence-electron chi connectivity index (χ3n) is 4.72. The van der Waals surface area contributed by atoms with Crippen molar-refractivity contribution in [2.45, 2.75) is 13.0 Å². The quantitative estimate of drug-likeness (QED) is 0.706. The Balaban J connectivity index is 1.51. The van der Waals surface area contributed by atoms with E-state index in [4.69, 9.17) is 0 Å². The van der Waals surface area contributed by atoms with Gasteiger partial charge in [0.15, 0.2) is 11.6 Å². The summed E-state index contributed by atoms with van der Waals surface area (Å²) in [6.07, 6.45) is 3.06. The molecule has 1 aliphatic rings. The Morgan fingerprint density at radius 3 is 2.48 bits per heavy atom. The zero-order valence-electron chi connectivity index (χ0n) is 15.0. The van der Waals surface area contributed by atoms with Crippen LogP contribution in [-0.2, 0) is 0 Å². The molecule has 1 aromatic carbocycles. The second-order valence-electron chi connectivity index (χ2n) is 6.50. The first kappa shape index (κ1) is 17.3. The molecule has 0 spiro atoms. The first-order chi connectivity index (χ1) is 13.0. The minimum absolute atomic E-state index is 0.170. The first-order valence-corrected chi connectivity index (χ1v) is 8.57. The molecule has 4 rings (SSSR count). The minimum atomic E-state index is -0.497. The highest BCUT2D eigenvalue weighted by atomic mass is 19.1. The van der Waals surface area contributed by atoms with Crippen molar-refractivity contribution in [1.82, 2.24) is 19.9 Å². The van der Waals surface area contributed by atoms with Crippen molar-refractivity contribution in [2.24, 2.45) is 0 Å². The van der Waals surface area contributed by atoms with Gasteiger partial charge in [-0.25, -0.2) is 28.7 Å². The third-order valence-corrected chi connectivity index (χ3v) is 4.72. The standard InChI is InChI=1S/C19H18F2N6/c1-12-22-8-7-16(25-12)26(2)15-9-27(10-15)19-17(21)18(23-11-24-19)13-3-5-14(20)6-4-13/h3-8,11,15H,9-10H2,1-2H3. The molecule has 138 valence electrons. The second-order valence-corrected chi connectivity index (χ2v) is 6.50. The van der Waals surface area contributed by atoms with Crippen molar-refractivity contribution in [1.29, 1.82) is 0 Å². The summed E-state index contributed by atoms with van der Waals surface area (Å²) in [5.74, 6) is 0.932. The molecule has 6 nitrogen and oxygen atoms in total. The van der Waals surface area contributed by atoms with Gasteiger partial charge in [0, 0.05) is 31.9 Å². The molecule has 0 radical (unpaired) electrons. The van der Waals surface area contributed by atoms with Crippen LogP contribution in [-0.4, -0.2) is 46.1 Å². The fraction of sp³-hybridized carbons (Fsp3) is 0.263. The van der Waals surface area contributed by atoms with Crippen LogP contribution in [0.1, 0.15) is 5.82 Å². The summed E-state index contributed by atoms with van der Waals surface area (Å²) in [5, 5.41) is 0. The number of likely N-dealkylation sites (N-methyl/N-ethyl adjacent to an activating group) is 1. The van der Waals surface area contributed by atoms with E-state index >= 15 is 0 Å². The number of aryl methyl sites for hydroxylation is 1. The average Bonchev–Trinajstić information content (AvgIpc) is 2.62. The maximum atomic E-state index is 14.9. The second kappa shape index (κ2) is 6.86. The predicted molar refractivity (Wildman–Crippen MR) is 98.6 cm³/mol. The van der Waals surface area contributed by atoms with Crippen molar-refractivity contribution < 1.29 is 8.78 Å². The van der Waals surface area contributed by atoms with E-state index in [-0.39, 0.29) is 23.4 Å². The maximum Gasteiger partial charge on any atom is 0.191 e. The van der Waals surface area contributed by atoms with Crippen LogP contribution in [0.3, 0.4) is 0 Å². The lowest BCUT2D eigenvalue weighted by molar-refractivity contribution is 0.476. The lowest BCUT2D eigenvalue weighted by Gasteiger charge is -2.45. The number of halogens is 2. The van der Waals surface area contributed by atoms with E-state index in [9.17, 15) is 8.78 Å². The topological polar surface area (TPSA) is 58.0 Å². The van der Waals surface area contributed by atoms with Gasteiger partial charge in [-0.1, -0.05) is 0 Å². The molecule has 27 heavy (non-hydrogen) atoms. The molecule has 3 aromatic rings.